The van der Waals surface area contributed by atoms with Gasteiger partial charge in [0.25, 0.3) is 0 Å². The Morgan fingerprint density at radius 3 is 2.62 bits per heavy atom. The summed E-state index contributed by atoms with van der Waals surface area (Å²) in [6, 6.07) is 7.95. The van der Waals surface area contributed by atoms with Crippen molar-refractivity contribution in [3.63, 3.8) is 0 Å². The SMILES string of the molecule is CC(C)n1cnc2c(-c3ccc(OCCCC(=O)CO)cc3)nc(N3CCOCC3)nc21. The maximum absolute atomic E-state index is 11.2. The lowest BCUT2D eigenvalue weighted by atomic mass is 10.1. The van der Waals surface area contributed by atoms with Crippen LogP contribution in [0.2, 0.25) is 0 Å². The number of Topliss-reactive ketones (excluding diaryl/α,β-unsaturated/α-hetero) is 1. The number of hydrogen-bond acceptors (Lipinski definition) is 8. The van der Waals surface area contributed by atoms with Crippen LogP contribution in [0, 0.1) is 0 Å². The predicted octanol–water partition coefficient (Wildman–Crippen LogP) is 2.63. The summed E-state index contributed by atoms with van der Waals surface area (Å²) >= 11 is 0. The van der Waals surface area contributed by atoms with Crippen LogP contribution >= 0.6 is 0 Å². The number of aliphatic hydroxyl groups excluding tert-OH is 1. The molecule has 0 bridgehead atoms. The van der Waals surface area contributed by atoms with Crippen molar-refractivity contribution >= 4 is 22.9 Å². The molecule has 1 aromatic carbocycles. The fraction of sp³-hybridized carbons (Fsp3) is 0.478. The van der Waals surface area contributed by atoms with Gasteiger partial charge in [-0.05, 0) is 44.5 Å². The van der Waals surface area contributed by atoms with E-state index in [0.717, 1.165) is 41.3 Å². The average Bonchev–Trinajstić information content (AvgIpc) is 3.26. The summed E-state index contributed by atoms with van der Waals surface area (Å²) in [5.41, 5.74) is 3.31. The Bertz CT molecular complexity index is 1060. The first-order chi connectivity index (χ1) is 15.6. The zero-order valence-corrected chi connectivity index (χ0v) is 18.5. The first kappa shape index (κ1) is 22.2. The summed E-state index contributed by atoms with van der Waals surface area (Å²) in [5.74, 6) is 1.23. The minimum absolute atomic E-state index is 0.173. The van der Waals surface area contributed by atoms with Crippen molar-refractivity contribution in [3.8, 4) is 17.0 Å². The Morgan fingerprint density at radius 1 is 1.19 bits per heavy atom. The number of aromatic nitrogens is 4. The molecule has 1 fully saturated rings. The van der Waals surface area contributed by atoms with Crippen molar-refractivity contribution in [2.45, 2.75) is 32.7 Å². The lowest BCUT2D eigenvalue weighted by Crippen LogP contribution is -2.37. The number of ether oxygens (including phenoxy) is 2. The summed E-state index contributed by atoms with van der Waals surface area (Å²) in [7, 11) is 0. The number of benzene rings is 1. The molecule has 1 N–H and O–H groups in total. The second-order valence-corrected chi connectivity index (χ2v) is 8.06. The molecule has 0 saturated carbocycles. The van der Waals surface area contributed by atoms with Crippen LogP contribution in [-0.4, -0.2) is 69.9 Å². The predicted molar refractivity (Wildman–Crippen MR) is 121 cm³/mol. The monoisotopic (exact) mass is 439 g/mol. The van der Waals surface area contributed by atoms with Gasteiger partial charge >= 0.3 is 0 Å². The number of rotatable bonds is 9. The normalized spacial score (nSPS) is 14.3. The Balaban J connectivity index is 1.60. The van der Waals surface area contributed by atoms with E-state index in [2.05, 4.69) is 28.3 Å². The molecule has 3 heterocycles. The molecule has 0 amide bonds. The van der Waals surface area contributed by atoms with Gasteiger partial charge in [-0.25, -0.2) is 9.97 Å². The van der Waals surface area contributed by atoms with E-state index in [-0.39, 0.29) is 11.8 Å². The second-order valence-electron chi connectivity index (χ2n) is 8.06. The highest BCUT2D eigenvalue weighted by molar-refractivity contribution is 5.88. The van der Waals surface area contributed by atoms with Crippen LogP contribution in [0.4, 0.5) is 5.95 Å². The molecule has 1 aliphatic rings. The number of fused-ring (bicyclic) bond motifs is 1. The van der Waals surface area contributed by atoms with Gasteiger partial charge in [-0.3, -0.25) is 4.79 Å². The van der Waals surface area contributed by atoms with Crippen molar-refractivity contribution in [3.05, 3.63) is 30.6 Å². The molecule has 0 aliphatic carbocycles. The van der Waals surface area contributed by atoms with Crippen molar-refractivity contribution < 1.29 is 19.4 Å². The van der Waals surface area contributed by atoms with Crippen molar-refractivity contribution in [1.29, 1.82) is 0 Å². The molecule has 9 heteroatoms. The minimum atomic E-state index is -0.416. The van der Waals surface area contributed by atoms with Gasteiger partial charge in [-0.2, -0.15) is 4.98 Å². The molecule has 0 atom stereocenters. The number of ketones is 1. The third-order valence-electron chi connectivity index (χ3n) is 5.43. The van der Waals surface area contributed by atoms with Crippen molar-refractivity contribution in [1.82, 2.24) is 19.5 Å². The molecule has 4 rings (SSSR count). The number of carbonyl (C=O) groups is 1. The maximum Gasteiger partial charge on any atom is 0.228 e. The molecule has 32 heavy (non-hydrogen) atoms. The fourth-order valence-corrected chi connectivity index (χ4v) is 3.64. The highest BCUT2D eigenvalue weighted by Gasteiger charge is 2.20. The largest absolute Gasteiger partial charge is 0.494 e. The molecule has 0 spiro atoms. The third kappa shape index (κ3) is 4.89. The zero-order chi connectivity index (χ0) is 22.5. The number of nitrogens with zero attached hydrogens (tertiary/aromatic N) is 5. The van der Waals surface area contributed by atoms with Gasteiger partial charge in [0.15, 0.2) is 11.4 Å². The topological polar surface area (TPSA) is 103 Å². The summed E-state index contributed by atoms with van der Waals surface area (Å²) in [6.45, 7) is 7.06. The number of anilines is 1. The lowest BCUT2D eigenvalue weighted by molar-refractivity contribution is -0.121. The zero-order valence-electron chi connectivity index (χ0n) is 18.5. The van der Waals surface area contributed by atoms with Crippen LogP contribution in [-0.2, 0) is 9.53 Å². The van der Waals surface area contributed by atoms with Gasteiger partial charge < -0.3 is 24.0 Å². The molecule has 170 valence electrons. The molecular formula is C23H29N5O4. The second kappa shape index (κ2) is 10.1. The number of hydrogen-bond donors (Lipinski definition) is 1. The van der Waals surface area contributed by atoms with E-state index in [1.807, 2.05) is 30.6 Å². The molecule has 0 unspecified atom stereocenters. The minimum Gasteiger partial charge on any atom is -0.494 e. The van der Waals surface area contributed by atoms with Crippen molar-refractivity contribution in [2.75, 3.05) is 44.4 Å². The van der Waals surface area contributed by atoms with Crippen LogP contribution in [0.3, 0.4) is 0 Å². The van der Waals surface area contributed by atoms with E-state index in [1.54, 1.807) is 0 Å². The van der Waals surface area contributed by atoms with E-state index in [4.69, 9.17) is 24.5 Å². The van der Waals surface area contributed by atoms with Crippen molar-refractivity contribution in [2.24, 2.45) is 0 Å². The van der Waals surface area contributed by atoms with Gasteiger partial charge in [0, 0.05) is 31.1 Å². The summed E-state index contributed by atoms with van der Waals surface area (Å²) in [5, 5.41) is 8.78. The fourth-order valence-electron chi connectivity index (χ4n) is 3.64. The van der Waals surface area contributed by atoms with Gasteiger partial charge in [-0.15, -0.1) is 0 Å². The molecule has 0 radical (unpaired) electrons. The summed E-state index contributed by atoms with van der Waals surface area (Å²) in [6.07, 6.45) is 2.71. The molecule has 1 saturated heterocycles. The quantitative estimate of drug-likeness (QED) is 0.508. The van der Waals surface area contributed by atoms with E-state index >= 15 is 0 Å². The Kier molecular flexibility index (Phi) is 6.96. The van der Waals surface area contributed by atoms with E-state index in [1.165, 1.54) is 0 Å². The van der Waals surface area contributed by atoms with E-state index < -0.39 is 6.61 Å². The third-order valence-corrected chi connectivity index (χ3v) is 5.43. The van der Waals surface area contributed by atoms with Gasteiger partial charge in [0.2, 0.25) is 5.95 Å². The standard InChI is InChI=1S/C23H29N5O4/c1-16(2)28-15-24-21-20(25-23(26-22(21)28)27-9-12-31-13-10-27)17-5-7-19(8-6-17)32-11-3-4-18(30)14-29/h5-8,15-16,29H,3-4,9-14H2,1-2H3. The molecule has 2 aromatic heterocycles. The first-order valence-electron chi connectivity index (χ1n) is 11.0. The van der Waals surface area contributed by atoms with Crippen LogP contribution in [0.25, 0.3) is 22.4 Å². The van der Waals surface area contributed by atoms with Crippen LogP contribution in [0.5, 0.6) is 5.75 Å². The number of imidazole rings is 1. The van der Waals surface area contributed by atoms with Gasteiger partial charge in [-0.1, -0.05) is 0 Å². The molecule has 1 aliphatic heterocycles. The van der Waals surface area contributed by atoms with Gasteiger partial charge in [0.05, 0.1) is 26.1 Å². The van der Waals surface area contributed by atoms with Crippen LogP contribution in [0.15, 0.2) is 30.6 Å². The average molecular weight is 440 g/mol. The lowest BCUT2D eigenvalue weighted by Gasteiger charge is -2.27. The van der Waals surface area contributed by atoms with E-state index in [9.17, 15) is 4.79 Å². The highest BCUT2D eigenvalue weighted by Crippen LogP contribution is 2.30. The first-order valence-corrected chi connectivity index (χ1v) is 11.0. The summed E-state index contributed by atoms with van der Waals surface area (Å²) < 4.78 is 13.3. The van der Waals surface area contributed by atoms with Crippen LogP contribution < -0.4 is 9.64 Å². The smallest absolute Gasteiger partial charge is 0.228 e. The number of carbonyl (C=O) groups excluding carboxylic acids is 1. The van der Waals surface area contributed by atoms with E-state index in [0.29, 0.717) is 38.6 Å². The number of aliphatic hydroxyl groups is 1. The van der Waals surface area contributed by atoms with Gasteiger partial charge in [0.1, 0.15) is 23.6 Å². The van der Waals surface area contributed by atoms with Crippen LogP contribution in [0.1, 0.15) is 32.7 Å². The summed E-state index contributed by atoms with van der Waals surface area (Å²) in [4.78, 5) is 27.7. The Labute approximate surface area is 187 Å². The Hall–Kier alpha value is -3.04. The molecular weight excluding hydrogens is 410 g/mol. The maximum atomic E-state index is 11.2. The molecule has 3 aromatic rings. The Morgan fingerprint density at radius 2 is 1.94 bits per heavy atom. The number of morpholine rings is 1. The highest BCUT2D eigenvalue weighted by atomic mass is 16.5. The molecule has 9 nitrogen and oxygen atoms in total.